The molecule has 0 fully saturated rings. The number of benzene rings is 1. The molecule has 0 spiro atoms. The number of carboxylic acid groups (broad SMARTS) is 1. The van der Waals surface area contributed by atoms with E-state index in [9.17, 15) is 14.7 Å². The van der Waals surface area contributed by atoms with E-state index in [-0.39, 0.29) is 12.3 Å². The van der Waals surface area contributed by atoms with Gasteiger partial charge in [-0.1, -0.05) is 30.7 Å². The normalized spacial score (nSPS) is 13.7. The van der Waals surface area contributed by atoms with Crippen LogP contribution in [-0.4, -0.2) is 28.4 Å². The minimum absolute atomic E-state index is 0.272. The van der Waals surface area contributed by atoms with Gasteiger partial charge in [0, 0.05) is 18.5 Å². The van der Waals surface area contributed by atoms with Crippen molar-refractivity contribution in [2.24, 2.45) is 0 Å². The molecule has 19 heavy (non-hydrogen) atoms. The second-order valence-electron chi connectivity index (χ2n) is 4.29. The lowest BCUT2D eigenvalue weighted by Gasteiger charge is -2.39. The fourth-order valence-corrected chi connectivity index (χ4v) is 2.64. The highest BCUT2D eigenvalue weighted by Gasteiger charge is 2.45. The van der Waals surface area contributed by atoms with Gasteiger partial charge in [0.25, 0.3) is 0 Å². The predicted octanol–water partition coefficient (Wildman–Crippen LogP) is 2.90. The van der Waals surface area contributed by atoms with Gasteiger partial charge in [-0.2, -0.15) is 0 Å². The van der Waals surface area contributed by atoms with E-state index < -0.39 is 11.5 Å². The Labute approximate surface area is 118 Å². The monoisotopic (exact) mass is 283 g/mol. The van der Waals surface area contributed by atoms with Crippen molar-refractivity contribution in [3.8, 4) is 0 Å². The lowest BCUT2D eigenvalue weighted by molar-refractivity contribution is -0.159. The molecule has 1 amide bonds. The Morgan fingerprint density at radius 3 is 2.37 bits per heavy atom. The summed E-state index contributed by atoms with van der Waals surface area (Å²) in [7, 11) is 0. The van der Waals surface area contributed by atoms with Gasteiger partial charge in [-0.05, 0) is 31.0 Å². The molecule has 5 heteroatoms. The van der Waals surface area contributed by atoms with E-state index in [0.717, 1.165) is 0 Å². The number of aliphatic carboxylic acids is 1. The summed E-state index contributed by atoms with van der Waals surface area (Å²) < 4.78 is 0. The van der Waals surface area contributed by atoms with Gasteiger partial charge < -0.3 is 10.0 Å². The molecule has 104 valence electrons. The Morgan fingerprint density at radius 1 is 1.37 bits per heavy atom. The number of carboxylic acids is 1. The number of nitrogens with zero attached hydrogens (tertiary/aromatic N) is 1. The molecular formula is C14H18ClNO3. The minimum Gasteiger partial charge on any atom is -0.479 e. The Balaban J connectivity index is 3.51. The Bertz CT molecular complexity index is 489. The Morgan fingerprint density at radius 2 is 2.00 bits per heavy atom. The summed E-state index contributed by atoms with van der Waals surface area (Å²) >= 11 is 5.94. The van der Waals surface area contributed by atoms with Crippen LogP contribution in [0.15, 0.2) is 24.3 Å². The molecule has 0 radical (unpaired) electrons. The zero-order chi connectivity index (χ0) is 14.6. The number of carbonyl (C=O) groups excluding carboxylic acids is 1. The molecule has 1 aromatic carbocycles. The summed E-state index contributed by atoms with van der Waals surface area (Å²) in [6, 6.07) is 6.66. The highest BCUT2D eigenvalue weighted by Crippen LogP contribution is 2.34. The number of halogens is 1. The summed E-state index contributed by atoms with van der Waals surface area (Å²) in [4.78, 5) is 25.0. The van der Waals surface area contributed by atoms with E-state index in [4.69, 9.17) is 11.6 Å². The van der Waals surface area contributed by atoms with Crippen LogP contribution in [0.25, 0.3) is 0 Å². The molecule has 1 N–H and O–H groups in total. The molecular weight excluding hydrogens is 266 g/mol. The van der Waals surface area contributed by atoms with E-state index >= 15 is 0 Å². The predicted molar refractivity (Wildman–Crippen MR) is 74.1 cm³/mol. The van der Waals surface area contributed by atoms with E-state index in [1.807, 2.05) is 0 Å². The van der Waals surface area contributed by atoms with E-state index in [1.54, 1.807) is 38.1 Å². The zero-order valence-electron chi connectivity index (χ0n) is 11.3. The molecule has 1 unspecified atom stereocenters. The second kappa shape index (κ2) is 6.06. The van der Waals surface area contributed by atoms with Crippen molar-refractivity contribution in [2.75, 3.05) is 6.54 Å². The molecule has 0 saturated heterocycles. The number of likely N-dealkylation sites (N-methyl/N-ethyl adjacent to an activating group) is 1. The Hall–Kier alpha value is -1.55. The van der Waals surface area contributed by atoms with Crippen LogP contribution >= 0.6 is 11.6 Å². The van der Waals surface area contributed by atoms with Gasteiger partial charge in [-0.3, -0.25) is 4.79 Å². The summed E-state index contributed by atoms with van der Waals surface area (Å²) in [5, 5.41) is 10.1. The van der Waals surface area contributed by atoms with Crippen LogP contribution in [0.5, 0.6) is 0 Å². The van der Waals surface area contributed by atoms with Gasteiger partial charge in [0.1, 0.15) is 0 Å². The fraction of sp³-hybridized carbons (Fsp3) is 0.429. The van der Waals surface area contributed by atoms with E-state index in [0.29, 0.717) is 17.1 Å². The molecule has 0 aliphatic rings. The molecule has 0 aromatic heterocycles. The standard InChI is InChI=1S/C14H18ClNO3/c1-4-14(13(18)19,16(5-2)10(3)17)11-7-6-8-12(15)9-11/h6-9H,4-5H2,1-3H3,(H,18,19). The van der Waals surface area contributed by atoms with Crippen molar-refractivity contribution in [1.29, 1.82) is 0 Å². The average molecular weight is 284 g/mol. The topological polar surface area (TPSA) is 57.6 Å². The van der Waals surface area contributed by atoms with Crippen molar-refractivity contribution in [3.05, 3.63) is 34.9 Å². The van der Waals surface area contributed by atoms with Crippen LogP contribution in [0, 0.1) is 0 Å². The zero-order valence-corrected chi connectivity index (χ0v) is 12.1. The maximum atomic E-state index is 11.8. The molecule has 0 aliphatic heterocycles. The summed E-state index contributed by atoms with van der Waals surface area (Å²) in [6.45, 7) is 5.21. The van der Waals surface area contributed by atoms with E-state index in [1.165, 1.54) is 11.8 Å². The maximum absolute atomic E-state index is 11.8. The lowest BCUT2D eigenvalue weighted by atomic mass is 9.85. The van der Waals surface area contributed by atoms with Crippen LogP contribution in [-0.2, 0) is 15.1 Å². The number of hydrogen-bond acceptors (Lipinski definition) is 2. The van der Waals surface area contributed by atoms with Crippen molar-refractivity contribution in [2.45, 2.75) is 32.7 Å². The number of amides is 1. The minimum atomic E-state index is -1.37. The van der Waals surface area contributed by atoms with Gasteiger partial charge in [-0.15, -0.1) is 0 Å². The highest BCUT2D eigenvalue weighted by molar-refractivity contribution is 6.30. The summed E-state index contributed by atoms with van der Waals surface area (Å²) in [5.41, 5.74) is -0.849. The molecule has 4 nitrogen and oxygen atoms in total. The SMILES string of the molecule is CCN(C(C)=O)C(CC)(C(=O)O)c1cccc(Cl)c1. The van der Waals surface area contributed by atoms with Gasteiger partial charge in [0.2, 0.25) is 5.91 Å². The second-order valence-corrected chi connectivity index (χ2v) is 4.73. The Kier molecular flexibility index (Phi) is 4.95. The van der Waals surface area contributed by atoms with Gasteiger partial charge in [0.05, 0.1) is 0 Å². The third-order valence-electron chi connectivity index (χ3n) is 3.32. The first-order valence-electron chi connectivity index (χ1n) is 6.17. The summed E-state index contributed by atoms with van der Waals surface area (Å²) in [6.07, 6.45) is 0.274. The van der Waals surface area contributed by atoms with Crippen LogP contribution in [0.2, 0.25) is 5.02 Å². The molecule has 1 aromatic rings. The van der Waals surface area contributed by atoms with Gasteiger partial charge >= 0.3 is 5.97 Å². The van der Waals surface area contributed by atoms with Crippen molar-refractivity contribution in [1.82, 2.24) is 4.90 Å². The number of rotatable bonds is 5. The molecule has 1 rings (SSSR count). The first-order valence-corrected chi connectivity index (χ1v) is 6.55. The fourth-order valence-electron chi connectivity index (χ4n) is 2.45. The smallest absolute Gasteiger partial charge is 0.334 e. The van der Waals surface area contributed by atoms with Gasteiger partial charge in [0.15, 0.2) is 5.54 Å². The molecule has 0 heterocycles. The van der Waals surface area contributed by atoms with Crippen LogP contribution in [0.3, 0.4) is 0 Å². The highest BCUT2D eigenvalue weighted by atomic mass is 35.5. The third kappa shape index (κ3) is 2.73. The van der Waals surface area contributed by atoms with Crippen LogP contribution < -0.4 is 0 Å². The van der Waals surface area contributed by atoms with Crippen LogP contribution in [0.4, 0.5) is 0 Å². The first-order chi connectivity index (χ1) is 8.90. The van der Waals surface area contributed by atoms with Crippen molar-refractivity contribution >= 4 is 23.5 Å². The quantitative estimate of drug-likeness (QED) is 0.904. The number of carbonyl (C=O) groups is 2. The van der Waals surface area contributed by atoms with Crippen molar-refractivity contribution < 1.29 is 14.7 Å². The summed E-state index contributed by atoms with van der Waals surface area (Å²) in [5.74, 6) is -1.32. The van der Waals surface area contributed by atoms with E-state index in [2.05, 4.69) is 0 Å². The average Bonchev–Trinajstić information content (AvgIpc) is 2.34. The van der Waals surface area contributed by atoms with Crippen molar-refractivity contribution in [3.63, 3.8) is 0 Å². The lowest BCUT2D eigenvalue weighted by Crippen LogP contribution is -2.53. The van der Waals surface area contributed by atoms with Crippen LogP contribution in [0.1, 0.15) is 32.8 Å². The molecule has 0 saturated carbocycles. The first kappa shape index (κ1) is 15.5. The maximum Gasteiger partial charge on any atom is 0.334 e. The van der Waals surface area contributed by atoms with Gasteiger partial charge in [-0.25, -0.2) is 4.79 Å². The molecule has 0 aliphatic carbocycles. The third-order valence-corrected chi connectivity index (χ3v) is 3.56. The number of hydrogen-bond donors (Lipinski definition) is 1. The largest absolute Gasteiger partial charge is 0.479 e. The molecule has 1 atom stereocenters. The molecule has 0 bridgehead atoms.